The molecule has 2 fully saturated rings. The topological polar surface area (TPSA) is 35.5 Å². The van der Waals surface area contributed by atoms with E-state index in [1.54, 1.807) is 12.1 Å². The molecule has 0 bridgehead atoms. The van der Waals surface area contributed by atoms with Crippen molar-refractivity contribution in [3.63, 3.8) is 0 Å². The van der Waals surface area contributed by atoms with Crippen LogP contribution in [0.3, 0.4) is 0 Å². The molecule has 132 valence electrons. The van der Waals surface area contributed by atoms with Gasteiger partial charge in [-0.05, 0) is 61.8 Å². The standard InChI is InChI=1S/C20H29FN2O/c21-15-7-5-14-6-8-18(17(14)13-15)22-16-9-11-23(12-10-16)19-3-1-2-4-20(19)24/h5,7,13,16,18-20,22,24H,1-4,6,8-12H2/t18-,19-,20+/m0/s1. The van der Waals surface area contributed by atoms with E-state index in [4.69, 9.17) is 0 Å². The number of aliphatic hydroxyl groups excluding tert-OH is 1. The summed E-state index contributed by atoms with van der Waals surface area (Å²) in [6.45, 7) is 2.14. The summed E-state index contributed by atoms with van der Waals surface area (Å²) in [5.41, 5.74) is 2.47. The van der Waals surface area contributed by atoms with Crippen molar-refractivity contribution in [1.29, 1.82) is 0 Å². The second kappa shape index (κ2) is 7.11. The zero-order chi connectivity index (χ0) is 16.5. The highest BCUT2D eigenvalue weighted by molar-refractivity contribution is 5.35. The van der Waals surface area contributed by atoms with E-state index >= 15 is 0 Å². The predicted molar refractivity (Wildman–Crippen MR) is 93.5 cm³/mol. The average Bonchev–Trinajstić information content (AvgIpc) is 2.98. The summed E-state index contributed by atoms with van der Waals surface area (Å²) in [5.74, 6) is -0.122. The Kier molecular flexibility index (Phi) is 4.88. The fourth-order valence-electron chi connectivity index (χ4n) is 4.95. The number of nitrogens with one attached hydrogen (secondary N) is 1. The minimum Gasteiger partial charge on any atom is -0.391 e. The van der Waals surface area contributed by atoms with E-state index in [2.05, 4.69) is 10.2 Å². The van der Waals surface area contributed by atoms with Crippen LogP contribution < -0.4 is 5.32 Å². The molecule has 0 radical (unpaired) electrons. The van der Waals surface area contributed by atoms with Gasteiger partial charge < -0.3 is 10.4 Å². The van der Waals surface area contributed by atoms with Gasteiger partial charge in [0.15, 0.2) is 0 Å². The van der Waals surface area contributed by atoms with Crippen molar-refractivity contribution in [3.05, 3.63) is 35.1 Å². The van der Waals surface area contributed by atoms with Gasteiger partial charge in [-0.3, -0.25) is 4.90 Å². The van der Waals surface area contributed by atoms with Gasteiger partial charge in [0.1, 0.15) is 5.82 Å². The second-order valence-electron chi connectivity index (χ2n) is 7.83. The Morgan fingerprint density at radius 1 is 1.04 bits per heavy atom. The number of fused-ring (bicyclic) bond motifs is 1. The van der Waals surface area contributed by atoms with Crippen LogP contribution in [0.4, 0.5) is 4.39 Å². The zero-order valence-corrected chi connectivity index (χ0v) is 14.4. The minimum absolute atomic E-state index is 0.122. The van der Waals surface area contributed by atoms with Crippen molar-refractivity contribution >= 4 is 0 Å². The van der Waals surface area contributed by atoms with E-state index in [9.17, 15) is 9.50 Å². The molecule has 1 aromatic rings. The first kappa shape index (κ1) is 16.5. The molecule has 1 saturated carbocycles. The number of benzene rings is 1. The highest BCUT2D eigenvalue weighted by atomic mass is 19.1. The number of aryl methyl sites for hydroxylation is 1. The Labute approximate surface area is 144 Å². The molecule has 3 aliphatic rings. The molecule has 3 nitrogen and oxygen atoms in total. The first-order valence-corrected chi connectivity index (χ1v) is 9.67. The van der Waals surface area contributed by atoms with Gasteiger partial charge in [-0.15, -0.1) is 0 Å². The number of hydrogen-bond acceptors (Lipinski definition) is 3. The number of piperidine rings is 1. The molecule has 2 N–H and O–H groups in total. The number of halogens is 1. The van der Waals surface area contributed by atoms with Crippen molar-refractivity contribution in [3.8, 4) is 0 Å². The summed E-state index contributed by atoms with van der Waals surface area (Å²) in [4.78, 5) is 2.50. The molecule has 1 saturated heterocycles. The molecule has 1 heterocycles. The van der Waals surface area contributed by atoms with E-state index in [-0.39, 0.29) is 11.9 Å². The summed E-state index contributed by atoms with van der Waals surface area (Å²) < 4.78 is 13.5. The fourth-order valence-corrected chi connectivity index (χ4v) is 4.95. The van der Waals surface area contributed by atoms with Gasteiger partial charge in [-0.25, -0.2) is 4.39 Å². The van der Waals surface area contributed by atoms with Crippen LogP contribution in [0.5, 0.6) is 0 Å². The molecule has 1 aliphatic heterocycles. The molecular weight excluding hydrogens is 303 g/mol. The lowest BCUT2D eigenvalue weighted by atomic mass is 9.89. The highest BCUT2D eigenvalue weighted by Gasteiger charge is 2.32. The van der Waals surface area contributed by atoms with Crippen molar-refractivity contribution in [1.82, 2.24) is 10.2 Å². The van der Waals surface area contributed by atoms with Gasteiger partial charge in [-0.1, -0.05) is 18.9 Å². The van der Waals surface area contributed by atoms with E-state index in [1.165, 1.54) is 24.0 Å². The molecule has 0 unspecified atom stereocenters. The van der Waals surface area contributed by atoms with Crippen LogP contribution in [0.25, 0.3) is 0 Å². The van der Waals surface area contributed by atoms with Crippen LogP contribution in [0.15, 0.2) is 18.2 Å². The second-order valence-corrected chi connectivity index (χ2v) is 7.83. The minimum atomic E-state index is -0.132. The molecule has 3 atom stereocenters. The number of rotatable bonds is 3. The lowest BCUT2D eigenvalue weighted by Gasteiger charge is -2.42. The highest BCUT2D eigenvalue weighted by Crippen LogP contribution is 2.33. The summed E-state index contributed by atoms with van der Waals surface area (Å²) in [7, 11) is 0. The molecule has 4 rings (SSSR count). The lowest BCUT2D eigenvalue weighted by Crippen LogP contribution is -2.51. The van der Waals surface area contributed by atoms with Gasteiger partial charge in [0.25, 0.3) is 0 Å². The Hall–Kier alpha value is -0.970. The SMILES string of the molecule is O[C@@H]1CCCC[C@@H]1N1CCC(N[C@H]2CCc3ccc(F)cc32)CC1. The largest absolute Gasteiger partial charge is 0.391 e. The van der Waals surface area contributed by atoms with Crippen LogP contribution in [-0.4, -0.2) is 41.3 Å². The van der Waals surface area contributed by atoms with Crippen LogP contribution in [0, 0.1) is 5.82 Å². The molecule has 0 amide bonds. The van der Waals surface area contributed by atoms with Gasteiger partial charge in [0, 0.05) is 31.2 Å². The third-order valence-corrected chi connectivity index (χ3v) is 6.32. The molecule has 0 aromatic heterocycles. The fraction of sp³-hybridized carbons (Fsp3) is 0.700. The van der Waals surface area contributed by atoms with Crippen molar-refractivity contribution < 1.29 is 9.50 Å². The van der Waals surface area contributed by atoms with Gasteiger partial charge in [0.2, 0.25) is 0 Å². The smallest absolute Gasteiger partial charge is 0.123 e. The quantitative estimate of drug-likeness (QED) is 0.892. The number of nitrogens with zero attached hydrogens (tertiary/aromatic N) is 1. The Balaban J connectivity index is 1.32. The Morgan fingerprint density at radius 3 is 2.62 bits per heavy atom. The lowest BCUT2D eigenvalue weighted by molar-refractivity contribution is 0.00660. The van der Waals surface area contributed by atoms with E-state index in [1.807, 2.05) is 6.07 Å². The van der Waals surface area contributed by atoms with Crippen molar-refractivity contribution in [2.45, 2.75) is 75.6 Å². The number of hydrogen-bond donors (Lipinski definition) is 2. The van der Waals surface area contributed by atoms with Crippen LogP contribution >= 0.6 is 0 Å². The molecule has 2 aliphatic carbocycles. The summed E-state index contributed by atoms with van der Waals surface area (Å²) in [6.07, 6.45) is 8.81. The third-order valence-electron chi connectivity index (χ3n) is 6.32. The average molecular weight is 332 g/mol. The van der Waals surface area contributed by atoms with E-state index in [0.717, 1.165) is 51.6 Å². The van der Waals surface area contributed by atoms with Gasteiger partial charge in [0.05, 0.1) is 6.10 Å². The summed E-state index contributed by atoms with van der Waals surface area (Å²) in [5, 5.41) is 14.0. The molecule has 4 heteroatoms. The maximum absolute atomic E-state index is 13.5. The van der Waals surface area contributed by atoms with Crippen molar-refractivity contribution in [2.24, 2.45) is 0 Å². The molecule has 0 spiro atoms. The normalized spacial score (nSPS) is 32.0. The van der Waals surface area contributed by atoms with Crippen molar-refractivity contribution in [2.75, 3.05) is 13.1 Å². The first-order valence-electron chi connectivity index (χ1n) is 9.67. The first-order chi connectivity index (χ1) is 11.7. The maximum atomic E-state index is 13.5. The Bertz CT molecular complexity index is 571. The molecular formula is C20H29FN2O. The number of aliphatic hydroxyl groups is 1. The maximum Gasteiger partial charge on any atom is 0.123 e. The zero-order valence-electron chi connectivity index (χ0n) is 14.4. The summed E-state index contributed by atoms with van der Waals surface area (Å²) in [6, 6.07) is 6.44. The number of likely N-dealkylation sites (tertiary alicyclic amines) is 1. The van der Waals surface area contributed by atoms with E-state index in [0.29, 0.717) is 18.1 Å². The molecule has 1 aromatic carbocycles. The van der Waals surface area contributed by atoms with Crippen LogP contribution in [0.2, 0.25) is 0 Å². The van der Waals surface area contributed by atoms with E-state index < -0.39 is 0 Å². The monoisotopic (exact) mass is 332 g/mol. The van der Waals surface area contributed by atoms with Gasteiger partial charge >= 0.3 is 0 Å². The van der Waals surface area contributed by atoms with Crippen LogP contribution in [0.1, 0.15) is 62.1 Å². The molecule has 24 heavy (non-hydrogen) atoms. The van der Waals surface area contributed by atoms with Gasteiger partial charge in [-0.2, -0.15) is 0 Å². The summed E-state index contributed by atoms with van der Waals surface area (Å²) >= 11 is 0. The Morgan fingerprint density at radius 2 is 1.83 bits per heavy atom. The van der Waals surface area contributed by atoms with Crippen LogP contribution in [-0.2, 0) is 6.42 Å². The third kappa shape index (κ3) is 3.37. The predicted octanol–water partition coefficient (Wildman–Crippen LogP) is 3.17.